The van der Waals surface area contributed by atoms with Crippen molar-refractivity contribution in [2.45, 2.75) is 6.92 Å². The predicted molar refractivity (Wildman–Crippen MR) is 98.5 cm³/mol. The second-order valence-electron chi connectivity index (χ2n) is 6.78. The number of hydrogen-bond acceptors (Lipinski definition) is 5. The molecule has 0 atom stereocenters. The molecule has 1 aromatic heterocycles. The molecule has 6 nitrogen and oxygen atoms in total. The Hall–Kier alpha value is -3.00. The lowest BCUT2D eigenvalue weighted by molar-refractivity contribution is 0.201. The average Bonchev–Trinajstić information content (AvgIpc) is 3.01. The van der Waals surface area contributed by atoms with E-state index in [1.165, 1.54) is 23.1 Å². The highest BCUT2D eigenvalue weighted by molar-refractivity contribution is 5.64. The maximum atomic E-state index is 13.4. The van der Waals surface area contributed by atoms with Gasteiger partial charge in [0.25, 0.3) is 0 Å². The number of benzene rings is 2. The number of aliphatic hydroxyl groups is 1. The van der Waals surface area contributed by atoms with Gasteiger partial charge in [0.05, 0.1) is 5.69 Å². The van der Waals surface area contributed by atoms with Gasteiger partial charge in [-0.25, -0.2) is 13.5 Å². The fraction of sp³-hybridized carbons (Fsp3) is 0.263. The van der Waals surface area contributed by atoms with Crippen molar-refractivity contribution >= 4 is 17.3 Å². The first kappa shape index (κ1) is 17.4. The first-order valence-electron chi connectivity index (χ1n) is 8.63. The van der Waals surface area contributed by atoms with Gasteiger partial charge < -0.3 is 15.3 Å². The Morgan fingerprint density at radius 1 is 1.07 bits per heavy atom. The molecule has 1 fully saturated rings. The Labute approximate surface area is 155 Å². The molecular weight excluding hydrogens is 352 g/mol. The standard InChI is InChI=1S/C19H19F2N5O/c1-12-2-16(7-17(3-12)25-8-13(9-25)10-27)23-19-22-11-26(24-19)18-5-14(20)4-15(21)6-18/h2-7,11,13,27H,8-10H2,1H3,(H,23,24). The summed E-state index contributed by atoms with van der Waals surface area (Å²) in [7, 11) is 0. The zero-order valence-electron chi connectivity index (χ0n) is 14.7. The third-order valence-corrected chi connectivity index (χ3v) is 4.50. The van der Waals surface area contributed by atoms with Gasteiger partial charge in [-0.3, -0.25) is 0 Å². The highest BCUT2D eigenvalue weighted by Gasteiger charge is 2.26. The zero-order valence-corrected chi connectivity index (χ0v) is 14.7. The van der Waals surface area contributed by atoms with Crippen LogP contribution in [0.15, 0.2) is 42.7 Å². The van der Waals surface area contributed by atoms with Crippen LogP contribution in [0.4, 0.5) is 26.1 Å². The number of anilines is 3. The van der Waals surface area contributed by atoms with Crippen LogP contribution in [-0.4, -0.2) is 39.6 Å². The number of aryl methyl sites for hydroxylation is 1. The molecule has 0 radical (unpaired) electrons. The van der Waals surface area contributed by atoms with Crippen molar-refractivity contribution in [1.29, 1.82) is 0 Å². The molecule has 8 heteroatoms. The summed E-state index contributed by atoms with van der Waals surface area (Å²) in [5, 5.41) is 16.5. The van der Waals surface area contributed by atoms with E-state index in [1.54, 1.807) is 0 Å². The molecule has 4 rings (SSSR count). The Morgan fingerprint density at radius 3 is 2.52 bits per heavy atom. The highest BCUT2D eigenvalue weighted by atomic mass is 19.1. The molecule has 0 amide bonds. The summed E-state index contributed by atoms with van der Waals surface area (Å²) < 4.78 is 28.1. The molecule has 0 unspecified atom stereocenters. The number of hydrogen-bond donors (Lipinski definition) is 2. The Morgan fingerprint density at radius 2 is 1.81 bits per heavy atom. The van der Waals surface area contributed by atoms with Gasteiger partial charge in [0, 0.05) is 43.1 Å². The number of aliphatic hydroxyl groups excluding tert-OH is 1. The fourth-order valence-corrected chi connectivity index (χ4v) is 3.16. The lowest BCUT2D eigenvalue weighted by Gasteiger charge is -2.40. The molecule has 0 saturated carbocycles. The number of nitrogens with one attached hydrogen (secondary N) is 1. The van der Waals surface area contributed by atoms with Gasteiger partial charge in [-0.1, -0.05) is 0 Å². The molecule has 0 bridgehead atoms. The molecule has 0 spiro atoms. The molecule has 2 heterocycles. The smallest absolute Gasteiger partial charge is 0.246 e. The second-order valence-corrected chi connectivity index (χ2v) is 6.78. The molecule has 1 aliphatic heterocycles. The van der Waals surface area contributed by atoms with E-state index in [0.29, 0.717) is 11.9 Å². The van der Waals surface area contributed by atoms with Crippen LogP contribution in [0.25, 0.3) is 5.69 Å². The summed E-state index contributed by atoms with van der Waals surface area (Å²) in [6.45, 7) is 3.86. The van der Waals surface area contributed by atoms with E-state index in [0.717, 1.165) is 36.1 Å². The molecule has 140 valence electrons. The number of aromatic nitrogens is 3. The number of rotatable bonds is 5. The monoisotopic (exact) mass is 371 g/mol. The first-order chi connectivity index (χ1) is 13.0. The first-order valence-corrected chi connectivity index (χ1v) is 8.63. The van der Waals surface area contributed by atoms with Crippen molar-refractivity contribution in [3.63, 3.8) is 0 Å². The molecule has 2 aromatic carbocycles. The normalized spacial score (nSPS) is 14.3. The van der Waals surface area contributed by atoms with Crippen LogP contribution in [0.3, 0.4) is 0 Å². The Kier molecular flexibility index (Phi) is 4.49. The van der Waals surface area contributed by atoms with E-state index < -0.39 is 11.6 Å². The van der Waals surface area contributed by atoms with Crippen LogP contribution in [0.5, 0.6) is 0 Å². The van der Waals surface area contributed by atoms with Crippen LogP contribution in [-0.2, 0) is 0 Å². The minimum Gasteiger partial charge on any atom is -0.396 e. The summed E-state index contributed by atoms with van der Waals surface area (Å²) in [5.74, 6) is -0.692. The summed E-state index contributed by atoms with van der Waals surface area (Å²) >= 11 is 0. The topological polar surface area (TPSA) is 66.2 Å². The summed E-state index contributed by atoms with van der Waals surface area (Å²) in [5.41, 5.74) is 3.22. The van der Waals surface area contributed by atoms with E-state index in [-0.39, 0.29) is 12.3 Å². The van der Waals surface area contributed by atoms with Gasteiger partial charge in [0.1, 0.15) is 18.0 Å². The van der Waals surface area contributed by atoms with Crippen LogP contribution in [0, 0.1) is 24.5 Å². The van der Waals surface area contributed by atoms with Gasteiger partial charge in [0.2, 0.25) is 5.95 Å². The number of halogens is 2. The lowest BCUT2D eigenvalue weighted by Crippen LogP contribution is -2.48. The third kappa shape index (κ3) is 3.75. The fourth-order valence-electron chi connectivity index (χ4n) is 3.16. The van der Waals surface area contributed by atoms with Crippen LogP contribution in [0.2, 0.25) is 0 Å². The van der Waals surface area contributed by atoms with E-state index >= 15 is 0 Å². The summed E-state index contributed by atoms with van der Waals surface area (Å²) in [6, 6.07) is 9.23. The zero-order chi connectivity index (χ0) is 19.0. The summed E-state index contributed by atoms with van der Waals surface area (Å²) in [6.07, 6.45) is 1.40. The molecular formula is C19H19F2N5O. The van der Waals surface area contributed by atoms with Crippen molar-refractivity contribution in [1.82, 2.24) is 14.8 Å². The number of nitrogens with zero attached hydrogens (tertiary/aromatic N) is 4. The highest BCUT2D eigenvalue weighted by Crippen LogP contribution is 2.29. The molecule has 1 saturated heterocycles. The van der Waals surface area contributed by atoms with Crippen molar-refractivity contribution in [2.24, 2.45) is 5.92 Å². The molecule has 3 aromatic rings. The summed E-state index contributed by atoms with van der Waals surface area (Å²) in [4.78, 5) is 6.36. The minimum absolute atomic E-state index is 0.204. The van der Waals surface area contributed by atoms with Crippen molar-refractivity contribution in [3.05, 3.63) is 59.9 Å². The predicted octanol–water partition coefficient (Wildman–Crippen LogP) is 3.03. The van der Waals surface area contributed by atoms with E-state index in [2.05, 4.69) is 26.4 Å². The Bertz CT molecular complexity index is 948. The largest absolute Gasteiger partial charge is 0.396 e. The minimum atomic E-state index is -0.672. The Balaban J connectivity index is 1.53. The van der Waals surface area contributed by atoms with Gasteiger partial charge in [0.15, 0.2) is 0 Å². The SMILES string of the molecule is Cc1cc(Nc2ncn(-c3cc(F)cc(F)c3)n2)cc(N2CC(CO)C2)c1. The van der Waals surface area contributed by atoms with Gasteiger partial charge in [-0.15, -0.1) is 5.10 Å². The van der Waals surface area contributed by atoms with Crippen molar-refractivity contribution < 1.29 is 13.9 Å². The van der Waals surface area contributed by atoms with Gasteiger partial charge >= 0.3 is 0 Å². The van der Waals surface area contributed by atoms with Crippen molar-refractivity contribution in [2.75, 3.05) is 29.9 Å². The molecule has 1 aliphatic rings. The van der Waals surface area contributed by atoms with E-state index in [4.69, 9.17) is 0 Å². The van der Waals surface area contributed by atoms with E-state index in [9.17, 15) is 13.9 Å². The van der Waals surface area contributed by atoms with Crippen LogP contribution in [0.1, 0.15) is 5.56 Å². The molecule has 27 heavy (non-hydrogen) atoms. The van der Waals surface area contributed by atoms with Crippen LogP contribution >= 0.6 is 0 Å². The van der Waals surface area contributed by atoms with E-state index in [1.807, 2.05) is 19.1 Å². The van der Waals surface area contributed by atoms with Gasteiger partial charge in [-0.2, -0.15) is 4.98 Å². The van der Waals surface area contributed by atoms with Crippen LogP contribution < -0.4 is 10.2 Å². The lowest BCUT2D eigenvalue weighted by atomic mass is 10.00. The molecule has 2 N–H and O–H groups in total. The van der Waals surface area contributed by atoms with Crippen molar-refractivity contribution in [3.8, 4) is 5.69 Å². The van der Waals surface area contributed by atoms with Gasteiger partial charge in [-0.05, 0) is 42.8 Å². The third-order valence-electron chi connectivity index (χ3n) is 4.50. The quantitative estimate of drug-likeness (QED) is 0.722. The maximum absolute atomic E-state index is 13.4. The second kappa shape index (κ2) is 6.96. The maximum Gasteiger partial charge on any atom is 0.246 e. The average molecular weight is 371 g/mol. The molecule has 0 aliphatic carbocycles.